The number of hydroxylamine groups is 1. The molecule has 0 radical (unpaired) electrons. The quantitative estimate of drug-likeness (QED) is 0.587. The van der Waals surface area contributed by atoms with Crippen LogP contribution in [0.5, 0.6) is 0 Å². The number of urea groups is 1. The summed E-state index contributed by atoms with van der Waals surface area (Å²) in [6.07, 6.45) is 6.03. The van der Waals surface area contributed by atoms with Crippen LogP contribution < -0.4 is 10.4 Å². The predicted molar refractivity (Wildman–Crippen MR) is 83.7 cm³/mol. The molecule has 2 N–H and O–H groups in total. The minimum Gasteiger partial charge on any atom is -0.348 e. The summed E-state index contributed by atoms with van der Waals surface area (Å²) in [5.41, 5.74) is 1.60. The molecule has 9 heteroatoms. The number of nitrogens with one attached hydrogen (secondary N) is 1. The third kappa shape index (κ3) is 2.44. The van der Waals surface area contributed by atoms with Crippen LogP contribution in [0.1, 0.15) is 29.8 Å². The maximum absolute atomic E-state index is 12.6. The lowest BCUT2D eigenvalue weighted by atomic mass is 10.2. The molecule has 3 aliphatic rings. The average Bonchev–Trinajstić information content (AvgIpc) is 3.36. The maximum atomic E-state index is 12.6. The number of hydrogen-bond donors (Lipinski definition) is 2. The number of nitrogens with zero attached hydrogens (tertiary/aromatic N) is 5. The van der Waals surface area contributed by atoms with Crippen molar-refractivity contribution < 1.29 is 14.8 Å². The van der Waals surface area contributed by atoms with Gasteiger partial charge in [-0.2, -0.15) is 0 Å². The Balaban J connectivity index is 1.42. The number of fused-ring (bicyclic) bond motifs is 2. The molecule has 2 atom stereocenters. The first kappa shape index (κ1) is 15.1. The largest absolute Gasteiger partial charge is 0.348 e. The molecule has 3 amide bonds. The highest BCUT2D eigenvalue weighted by Gasteiger charge is 2.47. The summed E-state index contributed by atoms with van der Waals surface area (Å²) >= 11 is 0. The van der Waals surface area contributed by atoms with Crippen LogP contribution >= 0.6 is 0 Å². The van der Waals surface area contributed by atoms with Gasteiger partial charge in [-0.3, -0.25) is 10.0 Å². The fourth-order valence-electron chi connectivity index (χ4n) is 3.92. The fourth-order valence-corrected chi connectivity index (χ4v) is 3.92. The second-order valence-electron chi connectivity index (χ2n) is 6.53. The van der Waals surface area contributed by atoms with Gasteiger partial charge in [0.1, 0.15) is 11.5 Å². The number of amides is 3. The van der Waals surface area contributed by atoms with Crippen molar-refractivity contribution in [1.82, 2.24) is 25.2 Å². The second-order valence-corrected chi connectivity index (χ2v) is 6.53. The van der Waals surface area contributed by atoms with Crippen molar-refractivity contribution in [3.8, 4) is 0 Å². The maximum Gasteiger partial charge on any atom is 0.320 e. The van der Waals surface area contributed by atoms with Gasteiger partial charge in [-0.1, -0.05) is 0 Å². The molecule has 24 heavy (non-hydrogen) atoms. The van der Waals surface area contributed by atoms with E-state index < -0.39 is 5.91 Å². The number of piperazine rings is 1. The Labute approximate surface area is 139 Å². The van der Waals surface area contributed by atoms with E-state index in [9.17, 15) is 9.59 Å². The van der Waals surface area contributed by atoms with Crippen molar-refractivity contribution in [1.29, 1.82) is 0 Å². The Kier molecular flexibility index (Phi) is 3.72. The summed E-state index contributed by atoms with van der Waals surface area (Å²) < 4.78 is 0. The molecule has 0 unspecified atom stereocenters. The Morgan fingerprint density at radius 3 is 2.50 bits per heavy atom. The number of carbonyl (C=O) groups is 2. The van der Waals surface area contributed by atoms with Crippen LogP contribution in [0.25, 0.3) is 0 Å². The molecule has 0 aromatic carbocycles. The van der Waals surface area contributed by atoms with Gasteiger partial charge >= 0.3 is 6.03 Å². The first-order chi connectivity index (χ1) is 11.7. The van der Waals surface area contributed by atoms with E-state index in [2.05, 4.69) is 14.9 Å². The Bertz CT molecular complexity index is 645. The van der Waals surface area contributed by atoms with Crippen molar-refractivity contribution in [2.24, 2.45) is 0 Å². The number of likely N-dealkylation sites (tertiary alicyclic amines) is 2. The van der Waals surface area contributed by atoms with Gasteiger partial charge in [0.25, 0.3) is 5.91 Å². The van der Waals surface area contributed by atoms with E-state index >= 15 is 0 Å². The minimum absolute atomic E-state index is 0.0662. The molecule has 3 aliphatic heterocycles. The zero-order valence-electron chi connectivity index (χ0n) is 13.3. The van der Waals surface area contributed by atoms with E-state index in [1.165, 1.54) is 17.9 Å². The summed E-state index contributed by atoms with van der Waals surface area (Å²) in [4.78, 5) is 38.3. The highest BCUT2D eigenvalue weighted by atomic mass is 16.5. The highest BCUT2D eigenvalue weighted by molar-refractivity contribution is 5.91. The second kappa shape index (κ2) is 5.90. The third-order valence-electron chi connectivity index (χ3n) is 5.13. The van der Waals surface area contributed by atoms with Gasteiger partial charge in [0.2, 0.25) is 0 Å². The summed E-state index contributed by atoms with van der Waals surface area (Å²) in [5, 5.41) is 8.61. The molecule has 0 saturated carbocycles. The number of rotatable bonds is 2. The molecule has 9 nitrogen and oxygen atoms in total. The normalized spacial score (nSPS) is 25.5. The first-order valence-electron chi connectivity index (χ1n) is 8.26. The van der Waals surface area contributed by atoms with Crippen LogP contribution in [0.4, 0.5) is 10.6 Å². The molecule has 4 heterocycles. The number of hydrogen-bond acceptors (Lipinski definition) is 6. The fraction of sp³-hybridized carbons (Fsp3) is 0.600. The Hall–Kier alpha value is -2.42. The number of anilines is 1. The molecule has 1 aromatic heterocycles. The molecule has 4 rings (SSSR count). The SMILES string of the molecule is O=C(NO)c1cnc(N2C[C@H]3C[C@@H]2CN3C(=O)N2CCCC2)cn1. The molecule has 0 spiro atoms. The van der Waals surface area contributed by atoms with E-state index in [4.69, 9.17) is 5.21 Å². The van der Waals surface area contributed by atoms with Crippen molar-refractivity contribution >= 4 is 17.8 Å². The van der Waals surface area contributed by atoms with Gasteiger partial charge in [0.15, 0.2) is 0 Å². The Morgan fingerprint density at radius 2 is 1.92 bits per heavy atom. The Morgan fingerprint density at radius 1 is 1.12 bits per heavy atom. The molecule has 0 aliphatic carbocycles. The molecule has 3 fully saturated rings. The molecule has 1 aromatic rings. The first-order valence-corrected chi connectivity index (χ1v) is 8.26. The van der Waals surface area contributed by atoms with Crippen molar-refractivity contribution in [3.05, 3.63) is 18.1 Å². The van der Waals surface area contributed by atoms with Crippen LogP contribution in [0.15, 0.2) is 12.4 Å². The number of aromatic nitrogens is 2. The van der Waals surface area contributed by atoms with Gasteiger partial charge in [0, 0.05) is 26.2 Å². The monoisotopic (exact) mass is 332 g/mol. The van der Waals surface area contributed by atoms with Gasteiger partial charge in [0.05, 0.1) is 24.5 Å². The smallest absolute Gasteiger partial charge is 0.320 e. The standard InChI is InChI=1S/C15H20N6O3/c22-14(18-24)12-6-17-13(7-16-12)20-8-11-5-10(20)9-21(11)15(23)19-3-1-2-4-19/h6-7,10-11,24H,1-5,8-9H2,(H,18,22)/t10-,11-/m1/s1. The van der Waals surface area contributed by atoms with Crippen LogP contribution in [-0.4, -0.2) is 75.2 Å². The van der Waals surface area contributed by atoms with Gasteiger partial charge in [-0.05, 0) is 19.3 Å². The minimum atomic E-state index is -0.681. The van der Waals surface area contributed by atoms with Crippen LogP contribution in [0.3, 0.4) is 0 Å². The molecule has 128 valence electrons. The predicted octanol–water partition coefficient (Wildman–Crippen LogP) is 0.0743. The zero-order valence-corrected chi connectivity index (χ0v) is 13.3. The topological polar surface area (TPSA) is 102 Å². The molecule has 2 bridgehead atoms. The van der Waals surface area contributed by atoms with E-state index in [1.54, 1.807) is 0 Å². The lowest BCUT2D eigenvalue weighted by molar-refractivity contribution is 0.0700. The van der Waals surface area contributed by atoms with Gasteiger partial charge in [-0.15, -0.1) is 0 Å². The van der Waals surface area contributed by atoms with E-state index in [-0.39, 0.29) is 23.8 Å². The van der Waals surface area contributed by atoms with E-state index in [1.807, 2.05) is 9.80 Å². The van der Waals surface area contributed by atoms with Crippen LogP contribution in [0.2, 0.25) is 0 Å². The molecular formula is C15H20N6O3. The van der Waals surface area contributed by atoms with E-state index in [0.29, 0.717) is 12.4 Å². The summed E-state index contributed by atoms with van der Waals surface area (Å²) in [6.45, 7) is 3.19. The van der Waals surface area contributed by atoms with Crippen molar-refractivity contribution in [2.45, 2.75) is 31.3 Å². The zero-order chi connectivity index (χ0) is 16.7. The average molecular weight is 332 g/mol. The van der Waals surface area contributed by atoms with E-state index in [0.717, 1.165) is 38.9 Å². The lowest BCUT2D eigenvalue weighted by Gasteiger charge is -2.36. The molecule has 3 saturated heterocycles. The lowest BCUT2D eigenvalue weighted by Crippen LogP contribution is -2.52. The summed E-state index contributed by atoms with van der Waals surface area (Å²) in [6, 6.07) is 0.624. The molecular weight excluding hydrogens is 312 g/mol. The number of carbonyl (C=O) groups excluding carboxylic acids is 2. The highest BCUT2D eigenvalue weighted by Crippen LogP contribution is 2.34. The summed E-state index contributed by atoms with van der Waals surface area (Å²) in [5.74, 6) is 0.0182. The third-order valence-corrected chi connectivity index (χ3v) is 5.13. The van der Waals surface area contributed by atoms with Gasteiger partial charge in [-0.25, -0.2) is 20.2 Å². The van der Waals surface area contributed by atoms with Crippen LogP contribution in [0, 0.1) is 0 Å². The van der Waals surface area contributed by atoms with Gasteiger partial charge < -0.3 is 14.7 Å². The summed E-state index contributed by atoms with van der Waals surface area (Å²) in [7, 11) is 0. The van der Waals surface area contributed by atoms with Crippen molar-refractivity contribution in [2.75, 3.05) is 31.1 Å². The van der Waals surface area contributed by atoms with Crippen molar-refractivity contribution in [3.63, 3.8) is 0 Å². The van der Waals surface area contributed by atoms with Crippen LogP contribution in [-0.2, 0) is 0 Å².